The zero-order chi connectivity index (χ0) is 9.52. The zero-order valence-electron chi connectivity index (χ0n) is 7.81. The fourth-order valence-corrected chi connectivity index (χ4v) is 2.57. The first-order chi connectivity index (χ1) is 6.36. The van der Waals surface area contributed by atoms with E-state index in [-0.39, 0.29) is 0 Å². The van der Waals surface area contributed by atoms with E-state index in [9.17, 15) is 0 Å². The molecule has 3 heteroatoms. The average Bonchev–Trinajstić information content (AvgIpc) is 2.21. The van der Waals surface area contributed by atoms with Gasteiger partial charge in [-0.05, 0) is 23.8 Å². The van der Waals surface area contributed by atoms with Crippen LogP contribution in [0, 0.1) is 5.92 Å². The van der Waals surface area contributed by atoms with Gasteiger partial charge in [-0.3, -0.25) is 0 Å². The highest BCUT2D eigenvalue weighted by Crippen LogP contribution is 2.20. The van der Waals surface area contributed by atoms with E-state index in [4.69, 9.17) is 0 Å². The number of rotatable bonds is 5. The van der Waals surface area contributed by atoms with E-state index >= 15 is 0 Å². The van der Waals surface area contributed by atoms with Gasteiger partial charge in [0, 0.05) is 11.9 Å². The van der Waals surface area contributed by atoms with Crippen molar-refractivity contribution in [3.8, 4) is 0 Å². The van der Waals surface area contributed by atoms with E-state index in [0.717, 1.165) is 16.5 Å². The van der Waals surface area contributed by atoms with Crippen LogP contribution in [0.1, 0.15) is 13.3 Å². The maximum atomic E-state index is 4.31. The summed E-state index contributed by atoms with van der Waals surface area (Å²) in [7, 11) is 0. The van der Waals surface area contributed by atoms with E-state index in [1.807, 2.05) is 30.1 Å². The number of pyridine rings is 1. The summed E-state index contributed by atoms with van der Waals surface area (Å²) in [5.74, 6) is 2.79. The minimum absolute atomic E-state index is 0.704. The summed E-state index contributed by atoms with van der Waals surface area (Å²) in [4.78, 5) is 4.26. The van der Waals surface area contributed by atoms with Crippen LogP contribution in [0.4, 0.5) is 0 Å². The summed E-state index contributed by atoms with van der Waals surface area (Å²) in [5.41, 5.74) is 0. The lowest BCUT2D eigenvalue weighted by atomic mass is 10.2. The fraction of sp³-hybridized carbons (Fsp3) is 0.500. The Balaban J connectivity index is 2.34. The van der Waals surface area contributed by atoms with Crippen LogP contribution in [-0.4, -0.2) is 16.5 Å². The Labute approximate surface area is 89.8 Å². The molecule has 1 atom stereocenters. The first-order valence-corrected chi connectivity index (χ1v) is 6.13. The van der Waals surface area contributed by atoms with E-state index in [0.29, 0.717) is 5.92 Å². The third kappa shape index (κ3) is 4.05. The van der Waals surface area contributed by atoms with Crippen LogP contribution in [0.3, 0.4) is 0 Å². The number of hydrogen-bond donors (Lipinski definition) is 1. The second-order valence-corrected chi connectivity index (χ2v) is 4.34. The van der Waals surface area contributed by atoms with Gasteiger partial charge in [0.1, 0.15) is 0 Å². The van der Waals surface area contributed by atoms with Crippen molar-refractivity contribution in [2.45, 2.75) is 18.4 Å². The average molecular weight is 213 g/mol. The third-order valence-corrected chi connectivity index (χ3v) is 3.63. The molecule has 13 heavy (non-hydrogen) atoms. The van der Waals surface area contributed by atoms with Crippen molar-refractivity contribution < 1.29 is 0 Å². The predicted molar refractivity (Wildman–Crippen MR) is 62.6 cm³/mol. The topological polar surface area (TPSA) is 12.9 Å². The Bertz CT molecular complexity index is 222. The Morgan fingerprint density at radius 1 is 1.54 bits per heavy atom. The quantitative estimate of drug-likeness (QED) is 0.596. The molecule has 0 spiro atoms. The lowest BCUT2D eigenvalue weighted by Crippen LogP contribution is -2.03. The van der Waals surface area contributed by atoms with Crippen molar-refractivity contribution in [1.82, 2.24) is 4.98 Å². The Kier molecular flexibility index (Phi) is 5.32. The first-order valence-electron chi connectivity index (χ1n) is 4.51. The van der Waals surface area contributed by atoms with Crippen molar-refractivity contribution in [2.24, 2.45) is 5.92 Å². The second kappa shape index (κ2) is 6.33. The molecule has 1 nitrogen and oxygen atoms in total. The van der Waals surface area contributed by atoms with Crippen molar-refractivity contribution in [3.63, 3.8) is 0 Å². The summed E-state index contributed by atoms with van der Waals surface area (Å²) in [6.07, 6.45) is 3.04. The van der Waals surface area contributed by atoms with Crippen LogP contribution in [0.2, 0.25) is 0 Å². The Morgan fingerprint density at radius 3 is 2.92 bits per heavy atom. The van der Waals surface area contributed by atoms with Crippen LogP contribution >= 0.6 is 24.4 Å². The van der Waals surface area contributed by atoms with Crippen LogP contribution in [0.15, 0.2) is 29.4 Å². The third-order valence-electron chi connectivity index (χ3n) is 1.94. The molecule has 1 aromatic heterocycles. The van der Waals surface area contributed by atoms with E-state index in [1.165, 1.54) is 6.42 Å². The Hall–Kier alpha value is -0.150. The maximum Gasteiger partial charge on any atom is 0.0959 e. The molecule has 0 amide bonds. The SMILES string of the molecule is CCC(CS)CSc1ccccn1. The molecule has 0 fully saturated rings. The molecule has 0 aliphatic carbocycles. The molecule has 1 rings (SSSR count). The molecule has 1 aromatic rings. The van der Waals surface area contributed by atoms with Gasteiger partial charge in [-0.25, -0.2) is 4.98 Å². The van der Waals surface area contributed by atoms with Crippen LogP contribution in [0.25, 0.3) is 0 Å². The van der Waals surface area contributed by atoms with Gasteiger partial charge in [0.25, 0.3) is 0 Å². The van der Waals surface area contributed by atoms with Crippen LogP contribution < -0.4 is 0 Å². The number of aromatic nitrogens is 1. The highest BCUT2D eigenvalue weighted by atomic mass is 32.2. The Morgan fingerprint density at radius 2 is 2.38 bits per heavy atom. The van der Waals surface area contributed by atoms with Gasteiger partial charge in [0.05, 0.1) is 5.03 Å². The molecular weight excluding hydrogens is 198 g/mol. The molecule has 0 radical (unpaired) electrons. The molecule has 0 bridgehead atoms. The molecule has 1 unspecified atom stereocenters. The van der Waals surface area contributed by atoms with Gasteiger partial charge in [0.15, 0.2) is 0 Å². The van der Waals surface area contributed by atoms with Crippen molar-refractivity contribution in [3.05, 3.63) is 24.4 Å². The molecule has 0 saturated carbocycles. The lowest BCUT2D eigenvalue weighted by molar-refractivity contribution is 0.649. The second-order valence-electron chi connectivity index (χ2n) is 2.94. The highest BCUT2D eigenvalue weighted by Gasteiger charge is 2.04. The monoisotopic (exact) mass is 213 g/mol. The van der Waals surface area contributed by atoms with Crippen LogP contribution in [0.5, 0.6) is 0 Å². The summed E-state index contributed by atoms with van der Waals surface area (Å²) in [5, 5.41) is 1.11. The number of thioether (sulfide) groups is 1. The molecule has 0 aliphatic rings. The predicted octanol–water partition coefficient (Wildman–Crippen LogP) is 3.13. The number of nitrogens with zero attached hydrogens (tertiary/aromatic N) is 1. The van der Waals surface area contributed by atoms with Gasteiger partial charge >= 0.3 is 0 Å². The lowest BCUT2D eigenvalue weighted by Gasteiger charge is -2.09. The molecule has 1 heterocycles. The van der Waals surface area contributed by atoms with Crippen molar-refractivity contribution >= 4 is 24.4 Å². The summed E-state index contributed by atoms with van der Waals surface area (Å²) in [6.45, 7) is 2.21. The van der Waals surface area contributed by atoms with Gasteiger partial charge < -0.3 is 0 Å². The van der Waals surface area contributed by atoms with Crippen LogP contribution in [-0.2, 0) is 0 Å². The first kappa shape index (κ1) is 10.9. The molecule has 0 aromatic carbocycles. The molecule has 0 N–H and O–H groups in total. The normalized spacial score (nSPS) is 12.8. The van der Waals surface area contributed by atoms with Gasteiger partial charge in [-0.1, -0.05) is 19.4 Å². The standard InChI is InChI=1S/C10H15NS2/c1-2-9(7-12)8-13-10-5-3-4-6-11-10/h3-6,9,12H,2,7-8H2,1H3. The van der Waals surface area contributed by atoms with Crippen molar-refractivity contribution in [2.75, 3.05) is 11.5 Å². The fourth-order valence-electron chi connectivity index (χ4n) is 0.935. The minimum atomic E-state index is 0.704. The van der Waals surface area contributed by atoms with E-state index < -0.39 is 0 Å². The molecule has 72 valence electrons. The minimum Gasteiger partial charge on any atom is -0.250 e. The zero-order valence-corrected chi connectivity index (χ0v) is 9.52. The molecule has 0 saturated heterocycles. The largest absolute Gasteiger partial charge is 0.250 e. The van der Waals surface area contributed by atoms with Crippen molar-refractivity contribution in [1.29, 1.82) is 0 Å². The summed E-state index contributed by atoms with van der Waals surface area (Å²) in [6, 6.07) is 6.02. The number of thiol groups is 1. The maximum absolute atomic E-state index is 4.31. The smallest absolute Gasteiger partial charge is 0.0959 e. The summed E-state index contributed by atoms with van der Waals surface area (Å²) < 4.78 is 0. The van der Waals surface area contributed by atoms with E-state index in [2.05, 4.69) is 30.6 Å². The number of hydrogen-bond acceptors (Lipinski definition) is 3. The van der Waals surface area contributed by atoms with E-state index in [1.54, 1.807) is 0 Å². The molecular formula is C10H15NS2. The van der Waals surface area contributed by atoms with Gasteiger partial charge in [0.2, 0.25) is 0 Å². The summed E-state index contributed by atoms with van der Waals surface area (Å²) >= 11 is 6.13. The molecule has 0 aliphatic heterocycles. The highest BCUT2D eigenvalue weighted by molar-refractivity contribution is 7.99. The van der Waals surface area contributed by atoms with Gasteiger partial charge in [-0.2, -0.15) is 12.6 Å². The van der Waals surface area contributed by atoms with Gasteiger partial charge in [-0.15, -0.1) is 11.8 Å².